The van der Waals surface area contributed by atoms with Crippen LogP contribution in [0.1, 0.15) is 11.9 Å². The van der Waals surface area contributed by atoms with Crippen molar-refractivity contribution in [3.63, 3.8) is 0 Å². The van der Waals surface area contributed by atoms with E-state index in [0.29, 0.717) is 5.70 Å². The fourth-order valence-corrected chi connectivity index (χ4v) is 1.98. The Balaban J connectivity index is 2.10. The number of aliphatic hydroxyl groups excluding tert-OH is 1. The van der Waals surface area contributed by atoms with E-state index in [1.807, 2.05) is 30.3 Å². The molecule has 1 aromatic rings. The maximum Gasteiger partial charge on any atom is 0.185 e. The van der Waals surface area contributed by atoms with Crippen molar-refractivity contribution < 1.29 is 14.6 Å². The first-order valence-electron chi connectivity index (χ1n) is 6.47. The Bertz CT molecular complexity index is 496. The van der Waals surface area contributed by atoms with Crippen molar-refractivity contribution in [1.29, 1.82) is 0 Å². The summed E-state index contributed by atoms with van der Waals surface area (Å²) in [6.07, 6.45) is 5.57. The normalized spacial score (nSPS) is 27.1. The van der Waals surface area contributed by atoms with E-state index in [0.717, 1.165) is 5.56 Å². The zero-order valence-corrected chi connectivity index (χ0v) is 11.2. The van der Waals surface area contributed by atoms with Crippen LogP contribution in [0.5, 0.6) is 0 Å². The van der Waals surface area contributed by atoms with Crippen LogP contribution in [0.3, 0.4) is 0 Å². The van der Waals surface area contributed by atoms with Crippen LogP contribution in [0.4, 0.5) is 0 Å². The number of hydrogen-bond acceptors (Lipinski definition) is 4. The first-order chi connectivity index (χ1) is 9.74. The minimum Gasteiger partial charge on any atom is -0.399 e. The lowest BCUT2D eigenvalue weighted by atomic mass is 10.2. The Morgan fingerprint density at radius 3 is 2.70 bits per heavy atom. The summed E-state index contributed by atoms with van der Waals surface area (Å²) in [5.74, 6) is 0. The molecule has 0 aliphatic carbocycles. The molecule has 3 N–H and O–H groups in total. The average molecular weight is 273 g/mol. The zero-order valence-electron chi connectivity index (χ0n) is 11.2. The van der Waals surface area contributed by atoms with Crippen molar-refractivity contribution in [1.82, 2.24) is 0 Å². The molecule has 106 valence electrons. The molecule has 1 heterocycles. The Kier molecular flexibility index (Phi) is 5.12. The molecule has 1 aromatic carbocycles. The summed E-state index contributed by atoms with van der Waals surface area (Å²) in [5.41, 5.74) is 7.32. The van der Waals surface area contributed by atoms with Crippen LogP contribution in [-0.2, 0) is 9.47 Å². The molecular weight excluding hydrogens is 254 g/mol. The van der Waals surface area contributed by atoms with Gasteiger partial charge in [-0.1, -0.05) is 49.1 Å². The van der Waals surface area contributed by atoms with E-state index >= 15 is 0 Å². The van der Waals surface area contributed by atoms with Gasteiger partial charge in [-0.15, -0.1) is 0 Å². The molecule has 20 heavy (non-hydrogen) atoms. The molecule has 1 fully saturated rings. The van der Waals surface area contributed by atoms with Crippen LogP contribution in [0.25, 0.3) is 0 Å². The lowest BCUT2D eigenvalue weighted by Gasteiger charge is -2.10. The van der Waals surface area contributed by atoms with Crippen LogP contribution in [-0.4, -0.2) is 23.9 Å². The van der Waals surface area contributed by atoms with Gasteiger partial charge in [0.15, 0.2) is 6.29 Å². The van der Waals surface area contributed by atoms with E-state index in [2.05, 4.69) is 6.58 Å². The first kappa shape index (κ1) is 14.5. The molecule has 0 spiro atoms. The van der Waals surface area contributed by atoms with Gasteiger partial charge in [0.05, 0.1) is 6.61 Å². The highest BCUT2D eigenvalue weighted by atomic mass is 16.7. The predicted octanol–water partition coefficient (Wildman–Crippen LogP) is 2.05. The van der Waals surface area contributed by atoms with Crippen LogP contribution >= 0.6 is 0 Å². The predicted molar refractivity (Wildman–Crippen MR) is 77.6 cm³/mol. The molecule has 1 saturated heterocycles. The van der Waals surface area contributed by atoms with E-state index in [4.69, 9.17) is 15.2 Å². The monoisotopic (exact) mass is 273 g/mol. The lowest BCUT2D eigenvalue weighted by Crippen LogP contribution is -2.25. The SMILES string of the molecule is C=C/C=C\C(N)=C\[C@H]1OC(c2ccccc2)O[C@@H]1CO. The summed E-state index contributed by atoms with van der Waals surface area (Å²) in [4.78, 5) is 0. The van der Waals surface area contributed by atoms with Gasteiger partial charge >= 0.3 is 0 Å². The molecule has 2 rings (SSSR count). The van der Waals surface area contributed by atoms with Crippen LogP contribution in [0, 0.1) is 0 Å². The fourth-order valence-electron chi connectivity index (χ4n) is 1.98. The first-order valence-corrected chi connectivity index (χ1v) is 6.47. The summed E-state index contributed by atoms with van der Waals surface area (Å²) in [7, 11) is 0. The number of benzene rings is 1. The van der Waals surface area contributed by atoms with Gasteiger partial charge in [0.25, 0.3) is 0 Å². The molecule has 1 aliphatic rings. The maximum atomic E-state index is 9.38. The minimum atomic E-state index is -0.481. The zero-order chi connectivity index (χ0) is 14.4. The minimum absolute atomic E-state index is 0.122. The van der Waals surface area contributed by atoms with Crippen LogP contribution in [0.2, 0.25) is 0 Å². The molecular formula is C16H19NO3. The molecule has 0 radical (unpaired) electrons. The third-order valence-corrected chi connectivity index (χ3v) is 2.98. The molecule has 0 amide bonds. The largest absolute Gasteiger partial charge is 0.399 e. The topological polar surface area (TPSA) is 64.7 Å². The highest BCUT2D eigenvalue weighted by Gasteiger charge is 2.35. The van der Waals surface area contributed by atoms with Crippen molar-refractivity contribution in [3.8, 4) is 0 Å². The van der Waals surface area contributed by atoms with Gasteiger partial charge in [0.2, 0.25) is 0 Å². The molecule has 4 nitrogen and oxygen atoms in total. The summed E-state index contributed by atoms with van der Waals surface area (Å²) >= 11 is 0. The summed E-state index contributed by atoms with van der Waals surface area (Å²) in [6.45, 7) is 3.46. The molecule has 0 saturated carbocycles. The molecule has 1 aliphatic heterocycles. The Hall–Kier alpha value is -1.88. The molecule has 0 bridgehead atoms. The molecule has 4 heteroatoms. The van der Waals surface area contributed by atoms with Crippen molar-refractivity contribution in [2.75, 3.05) is 6.61 Å². The number of rotatable bonds is 5. The van der Waals surface area contributed by atoms with Crippen molar-refractivity contribution >= 4 is 0 Å². The van der Waals surface area contributed by atoms with Crippen molar-refractivity contribution in [2.24, 2.45) is 5.73 Å². The van der Waals surface area contributed by atoms with E-state index in [9.17, 15) is 5.11 Å². The van der Waals surface area contributed by atoms with E-state index in [1.165, 1.54) is 0 Å². The second-order valence-corrected chi connectivity index (χ2v) is 4.46. The van der Waals surface area contributed by atoms with Gasteiger partial charge in [-0.2, -0.15) is 0 Å². The number of allylic oxidation sites excluding steroid dienone is 3. The highest BCUT2D eigenvalue weighted by molar-refractivity contribution is 5.22. The summed E-state index contributed by atoms with van der Waals surface area (Å²) in [6, 6.07) is 9.61. The second kappa shape index (κ2) is 7.05. The Labute approximate surface area is 118 Å². The number of aliphatic hydroxyl groups is 1. The third kappa shape index (κ3) is 3.57. The third-order valence-electron chi connectivity index (χ3n) is 2.98. The van der Waals surface area contributed by atoms with Gasteiger partial charge in [-0.3, -0.25) is 0 Å². The van der Waals surface area contributed by atoms with Gasteiger partial charge in [-0.05, 0) is 12.2 Å². The second-order valence-electron chi connectivity index (χ2n) is 4.46. The van der Waals surface area contributed by atoms with E-state index in [1.54, 1.807) is 24.3 Å². The van der Waals surface area contributed by atoms with Crippen molar-refractivity contribution in [2.45, 2.75) is 18.5 Å². The van der Waals surface area contributed by atoms with Gasteiger partial charge < -0.3 is 20.3 Å². The Morgan fingerprint density at radius 1 is 1.30 bits per heavy atom. The van der Waals surface area contributed by atoms with Crippen molar-refractivity contribution in [3.05, 3.63) is 72.5 Å². The standard InChI is InChI=1S/C16H19NO3/c1-2-3-9-13(17)10-14-15(11-18)20-16(19-14)12-7-5-4-6-8-12/h2-10,14-16,18H,1,11,17H2/b9-3-,13-10-/t14-,15-,16?/m1/s1. The van der Waals surface area contributed by atoms with Gasteiger partial charge in [-0.25, -0.2) is 0 Å². The smallest absolute Gasteiger partial charge is 0.185 e. The van der Waals surface area contributed by atoms with E-state index < -0.39 is 12.4 Å². The average Bonchev–Trinajstić information content (AvgIpc) is 2.89. The quantitative estimate of drug-likeness (QED) is 0.806. The number of ether oxygens (including phenoxy) is 2. The van der Waals surface area contributed by atoms with Crippen LogP contribution < -0.4 is 5.73 Å². The van der Waals surface area contributed by atoms with E-state index in [-0.39, 0.29) is 12.7 Å². The molecule has 3 atom stereocenters. The lowest BCUT2D eigenvalue weighted by molar-refractivity contribution is -0.0708. The Morgan fingerprint density at radius 2 is 2.05 bits per heavy atom. The fraction of sp³-hybridized carbons (Fsp3) is 0.250. The summed E-state index contributed by atoms with van der Waals surface area (Å²) in [5, 5.41) is 9.38. The number of nitrogens with two attached hydrogens (primary N) is 1. The molecule has 1 unspecified atom stereocenters. The van der Waals surface area contributed by atoms with Gasteiger partial charge in [0, 0.05) is 11.3 Å². The number of hydrogen-bond donors (Lipinski definition) is 2. The molecule has 0 aromatic heterocycles. The summed E-state index contributed by atoms with van der Waals surface area (Å²) < 4.78 is 11.5. The van der Waals surface area contributed by atoms with Crippen LogP contribution in [0.15, 0.2) is 66.9 Å². The van der Waals surface area contributed by atoms with Gasteiger partial charge in [0.1, 0.15) is 12.2 Å². The maximum absolute atomic E-state index is 9.38. The highest BCUT2D eigenvalue weighted by Crippen LogP contribution is 2.31.